The van der Waals surface area contributed by atoms with Gasteiger partial charge in [0.2, 0.25) is 7.09 Å². The SMILES string of the molecule is [3H][B]SO[C@@H](CC(=O)OC(C)(C)C)C[C@@H]1CCCC(O)(CC(=O)CC(=O)OCC)O1. The lowest BCUT2D eigenvalue weighted by atomic mass is 9.93. The van der Waals surface area contributed by atoms with Gasteiger partial charge in [0.15, 0.2) is 5.79 Å². The summed E-state index contributed by atoms with van der Waals surface area (Å²) in [5, 5.41) is 10.7. The van der Waals surface area contributed by atoms with Crippen molar-refractivity contribution >= 4 is 36.7 Å². The molecule has 1 rings (SSSR count). The molecule has 1 heterocycles. The molecule has 1 saturated heterocycles. The minimum Gasteiger partial charge on any atom is -0.466 e. The van der Waals surface area contributed by atoms with Gasteiger partial charge in [0, 0.05) is 12.8 Å². The first-order valence-electron chi connectivity index (χ1n) is 10.4. The summed E-state index contributed by atoms with van der Waals surface area (Å²) in [6, 6.07) is 0. The molecule has 0 aromatic rings. The van der Waals surface area contributed by atoms with Crippen LogP contribution in [-0.2, 0) is 32.8 Å². The zero-order chi connectivity index (χ0) is 22.8. The Hall–Kier alpha value is -1.10. The smallest absolute Gasteiger partial charge is 0.313 e. The first-order chi connectivity index (χ1) is 14.0. The highest BCUT2D eigenvalue weighted by Crippen LogP contribution is 2.33. The largest absolute Gasteiger partial charge is 0.466 e. The highest BCUT2D eigenvalue weighted by atomic mass is 32.2. The van der Waals surface area contributed by atoms with Crippen molar-refractivity contribution in [2.24, 2.45) is 0 Å². The molecule has 0 aliphatic carbocycles. The third kappa shape index (κ3) is 11.0. The Labute approximate surface area is 179 Å². The van der Waals surface area contributed by atoms with Crippen LogP contribution in [0.2, 0.25) is 0 Å². The molecule has 29 heavy (non-hydrogen) atoms. The fraction of sp³-hybridized carbons (Fsp3) is 0.842. The molecule has 1 fully saturated rings. The fourth-order valence-electron chi connectivity index (χ4n) is 3.17. The number of Topliss-reactive ketones (excluding diaryl/α,β-unsaturated/α-hetero) is 1. The number of ketones is 1. The molecular formula is C19H32BO8S. The Kier molecular flexibility index (Phi) is 9.94. The molecule has 8 nitrogen and oxygen atoms in total. The summed E-state index contributed by atoms with van der Waals surface area (Å²) < 4.78 is 28.5. The van der Waals surface area contributed by atoms with Crippen LogP contribution in [0.5, 0.6) is 0 Å². The van der Waals surface area contributed by atoms with Crippen LogP contribution in [0.1, 0.15) is 72.6 Å². The van der Waals surface area contributed by atoms with Gasteiger partial charge in [-0.1, -0.05) is 11.9 Å². The molecule has 165 valence electrons. The van der Waals surface area contributed by atoms with Crippen molar-refractivity contribution in [2.45, 2.75) is 96.2 Å². The Morgan fingerprint density at radius 2 is 2.10 bits per heavy atom. The minimum absolute atomic E-state index is 0.0296. The summed E-state index contributed by atoms with van der Waals surface area (Å²) in [6.07, 6.45) is 0.00620. The number of carbonyl (C=O) groups is 3. The van der Waals surface area contributed by atoms with Crippen LogP contribution in [0.3, 0.4) is 0 Å². The van der Waals surface area contributed by atoms with Gasteiger partial charge in [-0.3, -0.25) is 14.4 Å². The number of esters is 2. The maximum Gasteiger partial charge on any atom is 0.313 e. The van der Waals surface area contributed by atoms with E-state index in [1.165, 1.54) is 0 Å². The molecule has 3 atom stereocenters. The van der Waals surface area contributed by atoms with Crippen LogP contribution in [0.4, 0.5) is 0 Å². The predicted molar refractivity (Wildman–Crippen MR) is 109 cm³/mol. The van der Waals surface area contributed by atoms with Gasteiger partial charge in [0.1, 0.15) is 17.8 Å². The summed E-state index contributed by atoms with van der Waals surface area (Å²) in [4.78, 5) is 35.7. The van der Waals surface area contributed by atoms with Gasteiger partial charge in [0.25, 0.3) is 0 Å². The maximum absolute atomic E-state index is 12.2. The molecule has 0 aromatic carbocycles. The predicted octanol–water partition coefficient (Wildman–Crippen LogP) is 2.13. The third-order valence-corrected chi connectivity index (χ3v) is 4.51. The molecule has 0 aromatic heterocycles. The van der Waals surface area contributed by atoms with E-state index in [0.717, 1.165) is 19.0 Å². The van der Waals surface area contributed by atoms with Gasteiger partial charge < -0.3 is 23.5 Å². The number of rotatable bonds is 12. The van der Waals surface area contributed by atoms with Crippen molar-refractivity contribution in [1.82, 2.24) is 0 Å². The number of aliphatic hydroxyl groups is 1. The lowest BCUT2D eigenvalue weighted by molar-refractivity contribution is -0.256. The Morgan fingerprint density at radius 3 is 2.72 bits per heavy atom. The zero-order valence-electron chi connectivity index (χ0n) is 18.6. The second-order valence-corrected chi connectivity index (χ2v) is 8.50. The van der Waals surface area contributed by atoms with Crippen LogP contribution < -0.4 is 0 Å². The molecule has 1 N–H and O–H groups in total. The molecule has 1 radical (unpaired) electrons. The Morgan fingerprint density at radius 1 is 1.38 bits per heavy atom. The van der Waals surface area contributed by atoms with Crippen LogP contribution in [-0.4, -0.2) is 61.5 Å². The van der Waals surface area contributed by atoms with Crippen LogP contribution in [0.15, 0.2) is 0 Å². The summed E-state index contributed by atoms with van der Waals surface area (Å²) in [5.41, 5.74) is -0.628. The summed E-state index contributed by atoms with van der Waals surface area (Å²) >= 11 is 0.797. The van der Waals surface area contributed by atoms with E-state index in [2.05, 4.69) is 0 Å². The second-order valence-electron chi connectivity index (χ2n) is 8.12. The molecule has 0 spiro atoms. The van der Waals surface area contributed by atoms with E-state index in [9.17, 15) is 19.5 Å². The van der Waals surface area contributed by atoms with E-state index in [1.54, 1.807) is 27.7 Å². The maximum atomic E-state index is 12.2. The highest BCUT2D eigenvalue weighted by Gasteiger charge is 2.38. The average molecular weight is 433 g/mol. The van der Waals surface area contributed by atoms with Gasteiger partial charge in [-0.15, -0.1) is 0 Å². The molecule has 10 heteroatoms. The summed E-state index contributed by atoms with van der Waals surface area (Å²) in [7, 11) is 1.01. The molecule has 1 aliphatic rings. The molecule has 1 unspecified atom stereocenters. The molecule has 1 aliphatic heterocycles. The third-order valence-electron chi connectivity index (χ3n) is 4.13. The minimum atomic E-state index is -1.67. The molecule has 0 amide bonds. The summed E-state index contributed by atoms with van der Waals surface area (Å²) in [5.74, 6) is -3.20. The van der Waals surface area contributed by atoms with Crippen molar-refractivity contribution in [3.8, 4) is 0 Å². The topological polar surface area (TPSA) is 108 Å². The lowest BCUT2D eigenvalue weighted by Gasteiger charge is -2.38. The number of hydrogen-bond acceptors (Lipinski definition) is 9. The number of ether oxygens (including phenoxy) is 3. The van der Waals surface area contributed by atoms with Crippen LogP contribution in [0, 0.1) is 0 Å². The Bertz CT molecular complexity index is 585. The van der Waals surface area contributed by atoms with Crippen molar-refractivity contribution < 1.29 is 37.9 Å². The van der Waals surface area contributed by atoms with Gasteiger partial charge >= 0.3 is 11.9 Å². The zero-order valence-corrected chi connectivity index (χ0v) is 18.4. The van der Waals surface area contributed by atoms with Gasteiger partial charge in [-0.25, -0.2) is 0 Å². The first kappa shape index (κ1) is 24.2. The van der Waals surface area contributed by atoms with Crippen molar-refractivity contribution in [1.29, 1.82) is 1.34 Å². The number of hydrogen-bond donors (Lipinski definition) is 1. The van der Waals surface area contributed by atoms with Crippen molar-refractivity contribution in [2.75, 3.05) is 6.61 Å². The van der Waals surface area contributed by atoms with E-state index in [1.807, 2.05) is 0 Å². The van der Waals surface area contributed by atoms with E-state index in [0.29, 0.717) is 12.8 Å². The highest BCUT2D eigenvalue weighted by molar-refractivity contribution is 8.15. The molecule has 0 bridgehead atoms. The van der Waals surface area contributed by atoms with E-state index < -0.39 is 47.7 Å². The van der Waals surface area contributed by atoms with Crippen LogP contribution in [0.25, 0.3) is 0 Å². The molecular weight excluding hydrogens is 399 g/mol. The van der Waals surface area contributed by atoms with Gasteiger partial charge in [-0.05, 0) is 41.9 Å². The monoisotopic (exact) mass is 433 g/mol. The average Bonchev–Trinajstić information content (AvgIpc) is 2.57. The Balaban J connectivity index is 2.66. The fourth-order valence-corrected chi connectivity index (χ4v) is 3.47. The van der Waals surface area contributed by atoms with Gasteiger partial charge in [0.05, 0.1) is 31.7 Å². The van der Waals surface area contributed by atoms with Crippen molar-refractivity contribution in [3.63, 3.8) is 0 Å². The number of carbonyl (C=O) groups excluding carboxylic acids is 3. The summed E-state index contributed by atoms with van der Waals surface area (Å²) in [6.45, 7) is 7.14. The van der Waals surface area contributed by atoms with Crippen LogP contribution >= 0.6 is 11.9 Å². The van der Waals surface area contributed by atoms with E-state index >= 15 is 0 Å². The van der Waals surface area contributed by atoms with E-state index in [4.69, 9.17) is 19.7 Å². The normalized spacial score (nSPS) is 23.6. The van der Waals surface area contributed by atoms with E-state index in [-0.39, 0.29) is 32.3 Å². The quantitative estimate of drug-likeness (QED) is 0.214. The lowest BCUT2D eigenvalue weighted by Crippen LogP contribution is -2.43. The first-order valence-corrected chi connectivity index (χ1v) is 10.6. The standard InChI is InChI=1S/C19H32BO8S/c1-5-25-16(22)9-13(21)12-19(24)8-6-7-14(26-19)10-15(28-29-20)11-17(23)27-18(2,3)4/h14-15,20,24H,5-12H2,1-4H3/t14-,15+,19?/m0/s1/i20T. The van der Waals surface area contributed by atoms with Gasteiger partial charge in [-0.2, -0.15) is 0 Å². The van der Waals surface area contributed by atoms with Crippen molar-refractivity contribution in [3.05, 3.63) is 0 Å². The second kappa shape index (κ2) is 11.9. The molecule has 0 saturated carbocycles.